The second-order valence-electron chi connectivity index (χ2n) is 7.32. The van der Waals surface area contributed by atoms with Crippen LogP contribution in [0.25, 0.3) is 0 Å². The predicted octanol–water partition coefficient (Wildman–Crippen LogP) is 1.85. The molecule has 0 amide bonds. The highest BCUT2D eigenvalue weighted by Gasteiger charge is 2.25. The molecule has 2 rings (SSSR count). The molecule has 1 heterocycles. The third-order valence-corrected chi connectivity index (χ3v) is 4.31. The van der Waals surface area contributed by atoms with E-state index in [1.165, 1.54) is 6.07 Å². The molecule has 0 radical (unpaired) electrons. The lowest BCUT2D eigenvalue weighted by molar-refractivity contribution is -0.0180. The number of aliphatic hydroxyl groups is 1. The van der Waals surface area contributed by atoms with Crippen molar-refractivity contribution in [2.24, 2.45) is 4.99 Å². The summed E-state index contributed by atoms with van der Waals surface area (Å²) in [5.74, 6) is 0.440. The number of guanidine groups is 1. The Morgan fingerprint density at radius 3 is 2.69 bits per heavy atom. The molecule has 2 atom stereocenters. The van der Waals surface area contributed by atoms with Crippen molar-refractivity contribution in [3.63, 3.8) is 0 Å². The number of para-hydroxylation sites is 1. The third-order valence-electron chi connectivity index (χ3n) is 4.31. The Morgan fingerprint density at radius 1 is 1.34 bits per heavy atom. The van der Waals surface area contributed by atoms with E-state index in [4.69, 9.17) is 9.47 Å². The van der Waals surface area contributed by atoms with Gasteiger partial charge in [-0.25, -0.2) is 4.39 Å². The van der Waals surface area contributed by atoms with Gasteiger partial charge < -0.3 is 25.2 Å². The standard InChI is InChI=1S/C20H33FN4O3.HI/c1-4-22-19(23-13-16(2)28-18-8-6-5-7-17(18)21)24-14-20(3,26)15-25-9-11-27-12-10-25;/h5-8,16,26H,4,9-15H2,1-3H3,(H2,22,23,24);1H. The van der Waals surface area contributed by atoms with Crippen LogP contribution in [0.15, 0.2) is 29.3 Å². The number of ether oxygens (including phenoxy) is 2. The fourth-order valence-corrected chi connectivity index (χ4v) is 2.92. The van der Waals surface area contributed by atoms with E-state index in [1.807, 2.05) is 13.8 Å². The van der Waals surface area contributed by atoms with E-state index in [2.05, 4.69) is 20.5 Å². The molecule has 3 N–H and O–H groups in total. The van der Waals surface area contributed by atoms with Crippen LogP contribution in [0.4, 0.5) is 4.39 Å². The Morgan fingerprint density at radius 2 is 2.03 bits per heavy atom. The molecule has 1 aromatic rings. The van der Waals surface area contributed by atoms with Crippen LogP contribution in [-0.2, 0) is 4.74 Å². The monoisotopic (exact) mass is 524 g/mol. The molecule has 0 aromatic heterocycles. The van der Waals surface area contributed by atoms with Gasteiger partial charge in [0.15, 0.2) is 17.5 Å². The number of rotatable bonds is 9. The minimum Gasteiger partial charge on any atom is -0.486 e. The van der Waals surface area contributed by atoms with Gasteiger partial charge in [0.25, 0.3) is 0 Å². The molecule has 1 aromatic carbocycles. The molecule has 29 heavy (non-hydrogen) atoms. The highest BCUT2D eigenvalue weighted by molar-refractivity contribution is 14.0. The number of nitrogens with one attached hydrogen (secondary N) is 2. The summed E-state index contributed by atoms with van der Waals surface area (Å²) in [6.45, 7) is 10.6. The average molecular weight is 524 g/mol. The number of morpholine rings is 1. The van der Waals surface area contributed by atoms with Gasteiger partial charge in [0.05, 0.1) is 31.9 Å². The van der Waals surface area contributed by atoms with E-state index in [0.29, 0.717) is 38.8 Å². The Balaban J connectivity index is 0.00000420. The first kappa shape index (κ1) is 25.9. The SMILES string of the molecule is CCNC(=NCC(C)(O)CN1CCOCC1)NCC(C)Oc1ccccc1F.I. The summed E-state index contributed by atoms with van der Waals surface area (Å²) in [5.41, 5.74) is -0.936. The van der Waals surface area contributed by atoms with Crippen molar-refractivity contribution in [3.8, 4) is 5.75 Å². The maximum atomic E-state index is 13.7. The van der Waals surface area contributed by atoms with Crippen LogP contribution in [0.3, 0.4) is 0 Å². The molecule has 1 aliphatic rings. The zero-order chi connectivity index (χ0) is 20.4. The minimum atomic E-state index is -0.936. The molecule has 166 valence electrons. The summed E-state index contributed by atoms with van der Waals surface area (Å²) in [7, 11) is 0. The Kier molecular flexibility index (Phi) is 11.8. The second-order valence-corrected chi connectivity index (χ2v) is 7.32. The summed E-state index contributed by atoms with van der Waals surface area (Å²) >= 11 is 0. The zero-order valence-electron chi connectivity index (χ0n) is 17.5. The van der Waals surface area contributed by atoms with Crippen LogP contribution >= 0.6 is 24.0 Å². The normalized spacial score (nSPS) is 18.3. The smallest absolute Gasteiger partial charge is 0.191 e. The first-order valence-corrected chi connectivity index (χ1v) is 9.85. The van der Waals surface area contributed by atoms with Crippen molar-refractivity contribution in [1.82, 2.24) is 15.5 Å². The highest BCUT2D eigenvalue weighted by atomic mass is 127. The molecular weight excluding hydrogens is 490 g/mol. The number of nitrogens with zero attached hydrogens (tertiary/aromatic N) is 2. The van der Waals surface area contributed by atoms with Gasteiger partial charge in [0, 0.05) is 26.2 Å². The van der Waals surface area contributed by atoms with E-state index in [9.17, 15) is 9.50 Å². The Labute approximate surface area is 190 Å². The van der Waals surface area contributed by atoms with Crippen LogP contribution in [0.5, 0.6) is 5.75 Å². The molecule has 1 saturated heterocycles. The summed E-state index contributed by atoms with van der Waals surface area (Å²) in [4.78, 5) is 6.69. The van der Waals surface area contributed by atoms with Crippen LogP contribution < -0.4 is 15.4 Å². The Hall–Kier alpha value is -1.17. The van der Waals surface area contributed by atoms with E-state index in [-0.39, 0.29) is 48.2 Å². The van der Waals surface area contributed by atoms with Crippen molar-refractivity contribution in [2.75, 3.05) is 52.5 Å². The number of β-amino-alcohol motifs (C(OH)–C–C–N with tert-alkyl or cyclic N) is 1. The van der Waals surface area contributed by atoms with E-state index >= 15 is 0 Å². The first-order chi connectivity index (χ1) is 13.4. The topological polar surface area (TPSA) is 78.4 Å². The number of aliphatic imine (C=N–C) groups is 1. The first-order valence-electron chi connectivity index (χ1n) is 9.85. The second kappa shape index (κ2) is 13.2. The van der Waals surface area contributed by atoms with Gasteiger partial charge in [-0.05, 0) is 32.9 Å². The van der Waals surface area contributed by atoms with Crippen molar-refractivity contribution in [3.05, 3.63) is 30.1 Å². The highest BCUT2D eigenvalue weighted by Crippen LogP contribution is 2.16. The van der Waals surface area contributed by atoms with Gasteiger partial charge in [0.1, 0.15) is 6.10 Å². The largest absolute Gasteiger partial charge is 0.486 e. The fourth-order valence-electron chi connectivity index (χ4n) is 2.92. The molecule has 1 fully saturated rings. The molecule has 0 bridgehead atoms. The van der Waals surface area contributed by atoms with E-state index < -0.39 is 5.60 Å². The third kappa shape index (κ3) is 9.92. The van der Waals surface area contributed by atoms with Crippen molar-refractivity contribution >= 4 is 29.9 Å². The van der Waals surface area contributed by atoms with Crippen molar-refractivity contribution in [2.45, 2.75) is 32.5 Å². The molecular formula is C20H34FIN4O3. The molecule has 0 saturated carbocycles. The van der Waals surface area contributed by atoms with Gasteiger partial charge >= 0.3 is 0 Å². The summed E-state index contributed by atoms with van der Waals surface area (Å²) < 4.78 is 24.7. The molecule has 0 spiro atoms. The molecule has 2 unspecified atom stereocenters. The average Bonchev–Trinajstić information content (AvgIpc) is 2.66. The van der Waals surface area contributed by atoms with Gasteiger partial charge in [-0.2, -0.15) is 0 Å². The number of benzene rings is 1. The lowest BCUT2D eigenvalue weighted by atomic mass is 10.1. The number of hydrogen-bond acceptors (Lipinski definition) is 5. The number of halogens is 2. The van der Waals surface area contributed by atoms with Gasteiger partial charge in [0.2, 0.25) is 0 Å². The number of hydrogen-bond donors (Lipinski definition) is 3. The minimum absolute atomic E-state index is 0. The Bertz CT molecular complexity index is 627. The van der Waals surface area contributed by atoms with Gasteiger partial charge in [-0.15, -0.1) is 24.0 Å². The van der Waals surface area contributed by atoms with Crippen LogP contribution in [0.2, 0.25) is 0 Å². The fraction of sp³-hybridized carbons (Fsp3) is 0.650. The van der Waals surface area contributed by atoms with Crippen molar-refractivity contribution < 1.29 is 19.0 Å². The predicted molar refractivity (Wildman–Crippen MR) is 124 cm³/mol. The van der Waals surface area contributed by atoms with Crippen LogP contribution in [0, 0.1) is 5.82 Å². The van der Waals surface area contributed by atoms with Crippen LogP contribution in [0.1, 0.15) is 20.8 Å². The van der Waals surface area contributed by atoms with E-state index in [0.717, 1.165) is 13.1 Å². The maximum Gasteiger partial charge on any atom is 0.191 e. The molecule has 0 aliphatic carbocycles. The summed E-state index contributed by atoms with van der Waals surface area (Å²) in [5, 5.41) is 17.0. The van der Waals surface area contributed by atoms with Gasteiger partial charge in [-0.1, -0.05) is 12.1 Å². The molecule has 1 aliphatic heterocycles. The van der Waals surface area contributed by atoms with Crippen molar-refractivity contribution in [1.29, 1.82) is 0 Å². The molecule has 7 nitrogen and oxygen atoms in total. The van der Waals surface area contributed by atoms with Crippen LogP contribution in [-0.4, -0.2) is 80.2 Å². The summed E-state index contributed by atoms with van der Waals surface area (Å²) in [6.07, 6.45) is -0.255. The lowest BCUT2D eigenvalue weighted by Crippen LogP contribution is -2.48. The van der Waals surface area contributed by atoms with Gasteiger partial charge in [-0.3, -0.25) is 9.89 Å². The van der Waals surface area contributed by atoms with E-state index in [1.54, 1.807) is 25.1 Å². The zero-order valence-corrected chi connectivity index (χ0v) is 19.8. The quantitative estimate of drug-likeness (QED) is 0.260. The lowest BCUT2D eigenvalue weighted by Gasteiger charge is -2.33. The maximum absolute atomic E-state index is 13.7. The summed E-state index contributed by atoms with van der Waals surface area (Å²) in [6, 6.07) is 6.34. The molecule has 9 heteroatoms.